The van der Waals surface area contributed by atoms with Crippen LogP contribution >= 0.6 is 0 Å². The Morgan fingerprint density at radius 1 is 0.860 bits per heavy atom. The zero-order valence-corrected chi connectivity index (χ0v) is 25.4. The Hall–Kier alpha value is -4.83. The predicted octanol–water partition coefficient (Wildman–Crippen LogP) is 4.58. The van der Waals surface area contributed by atoms with Gasteiger partial charge in [-0.1, -0.05) is 51.1 Å². The summed E-state index contributed by atoms with van der Waals surface area (Å²) in [5.74, 6) is 0.295. The molecule has 1 atom stereocenters. The number of aromatic nitrogens is 3. The monoisotopic (exact) mass is 579 g/mol. The van der Waals surface area contributed by atoms with E-state index in [4.69, 9.17) is 0 Å². The first-order valence-electron chi connectivity index (χ1n) is 14.2. The van der Waals surface area contributed by atoms with Crippen molar-refractivity contribution in [2.24, 2.45) is 7.05 Å². The number of rotatable bonds is 6. The Labute approximate surface area is 251 Å². The third-order valence-corrected chi connectivity index (χ3v) is 7.67. The number of carbonyl (C=O) groups excluding carboxylic acids is 2. The molecule has 4 aromatic rings. The molecule has 0 aliphatic carbocycles. The van der Waals surface area contributed by atoms with Gasteiger partial charge in [0, 0.05) is 44.6 Å². The zero-order chi connectivity index (χ0) is 30.9. The fourth-order valence-corrected chi connectivity index (χ4v) is 4.99. The average Bonchev–Trinajstić information content (AvgIpc) is 2.98. The predicted molar refractivity (Wildman–Crippen MR) is 169 cm³/mol. The van der Waals surface area contributed by atoms with Crippen LogP contribution in [0.3, 0.4) is 0 Å². The van der Waals surface area contributed by atoms with Gasteiger partial charge in [0.05, 0.1) is 5.69 Å². The molecule has 0 spiro atoms. The van der Waals surface area contributed by atoms with Crippen LogP contribution in [0.25, 0.3) is 11.4 Å². The minimum absolute atomic E-state index is 0.00542. The van der Waals surface area contributed by atoms with E-state index in [0.717, 1.165) is 17.7 Å². The van der Waals surface area contributed by atoms with E-state index in [1.54, 1.807) is 36.3 Å². The molecule has 3 heterocycles. The van der Waals surface area contributed by atoms with Gasteiger partial charge in [0.15, 0.2) is 5.82 Å². The summed E-state index contributed by atoms with van der Waals surface area (Å²) in [6.07, 6.45) is 1.61. The van der Waals surface area contributed by atoms with Crippen LogP contribution in [0.15, 0.2) is 77.7 Å². The molecule has 1 fully saturated rings. The molecular formula is C33H37N7O3. The van der Waals surface area contributed by atoms with Crippen molar-refractivity contribution >= 4 is 29.1 Å². The number of nitrogens with one attached hydrogen (secondary N) is 2. The van der Waals surface area contributed by atoms with Crippen LogP contribution in [0.4, 0.5) is 17.3 Å². The molecule has 2 aromatic heterocycles. The van der Waals surface area contributed by atoms with Crippen LogP contribution in [0, 0.1) is 0 Å². The fraction of sp³-hybridized carbons (Fsp3) is 0.303. The van der Waals surface area contributed by atoms with Crippen molar-refractivity contribution in [3.63, 3.8) is 0 Å². The average molecular weight is 580 g/mol. The minimum Gasteiger partial charge on any atom is -0.343 e. The van der Waals surface area contributed by atoms with E-state index >= 15 is 0 Å². The smallest absolute Gasteiger partial charge is 0.293 e. The van der Waals surface area contributed by atoms with Gasteiger partial charge in [0.1, 0.15) is 17.6 Å². The van der Waals surface area contributed by atoms with Gasteiger partial charge in [0.25, 0.3) is 11.5 Å². The Balaban J connectivity index is 1.34. The molecule has 1 aliphatic rings. The summed E-state index contributed by atoms with van der Waals surface area (Å²) in [6, 6.07) is 19.9. The molecule has 2 aromatic carbocycles. The normalized spacial score (nSPS) is 15.8. The van der Waals surface area contributed by atoms with Gasteiger partial charge >= 0.3 is 0 Å². The lowest BCUT2D eigenvalue weighted by Crippen LogP contribution is -2.48. The molecule has 222 valence electrons. The Morgan fingerprint density at radius 2 is 1.56 bits per heavy atom. The SMILES string of the molecule is CN1CCN(C)C(c2ccc(Nc3nc(-c4cccc(NC(=O)c5ccc(C(C)(C)C)cc5)n4)cn(C)c3=O)cc2)C1=O. The van der Waals surface area contributed by atoms with Gasteiger partial charge in [-0.2, -0.15) is 0 Å². The third kappa shape index (κ3) is 6.49. The number of hydrogen-bond acceptors (Lipinski definition) is 7. The van der Waals surface area contributed by atoms with Crippen LogP contribution in [0.1, 0.15) is 48.3 Å². The van der Waals surface area contributed by atoms with E-state index in [-0.39, 0.29) is 34.6 Å². The molecule has 0 bridgehead atoms. The van der Waals surface area contributed by atoms with Gasteiger partial charge in [-0.25, -0.2) is 9.97 Å². The highest BCUT2D eigenvalue weighted by Gasteiger charge is 2.31. The largest absolute Gasteiger partial charge is 0.343 e. The van der Waals surface area contributed by atoms with Crippen LogP contribution in [0.2, 0.25) is 0 Å². The van der Waals surface area contributed by atoms with Crippen LogP contribution < -0.4 is 16.2 Å². The highest BCUT2D eigenvalue weighted by Crippen LogP contribution is 2.27. The Bertz CT molecular complexity index is 1710. The Morgan fingerprint density at radius 3 is 2.23 bits per heavy atom. The number of piperazine rings is 1. The fourth-order valence-electron chi connectivity index (χ4n) is 4.99. The standard InChI is InChI=1S/C33H37N7O3/c1-33(2,3)23-14-10-22(11-15-23)30(41)37-27-9-7-8-25(35-27)26-20-40(6)32(43)29(36-26)34-24-16-12-21(13-17-24)28-31(42)39(5)19-18-38(28)4/h7-17,20,28H,18-19H2,1-6H3,(H,34,36)(H,35,37,41). The maximum Gasteiger partial charge on any atom is 0.293 e. The second-order valence-corrected chi connectivity index (χ2v) is 12.0. The topological polar surface area (TPSA) is 112 Å². The second-order valence-electron chi connectivity index (χ2n) is 12.0. The minimum atomic E-state index is -0.344. The number of anilines is 3. The first-order chi connectivity index (χ1) is 20.4. The summed E-state index contributed by atoms with van der Waals surface area (Å²) in [6.45, 7) is 7.87. The van der Waals surface area contributed by atoms with Gasteiger partial charge in [-0.15, -0.1) is 0 Å². The molecule has 1 unspecified atom stereocenters. The van der Waals surface area contributed by atoms with Crippen molar-refractivity contribution in [2.75, 3.05) is 37.8 Å². The highest BCUT2D eigenvalue weighted by atomic mass is 16.2. The van der Waals surface area contributed by atoms with Gasteiger partial charge in [-0.3, -0.25) is 19.3 Å². The van der Waals surface area contributed by atoms with E-state index in [0.29, 0.717) is 35.0 Å². The lowest BCUT2D eigenvalue weighted by molar-refractivity contribution is -0.139. The van der Waals surface area contributed by atoms with E-state index in [9.17, 15) is 14.4 Å². The number of likely N-dealkylation sites (N-methyl/N-ethyl adjacent to an activating group) is 2. The number of carbonyl (C=O) groups is 2. The summed E-state index contributed by atoms with van der Waals surface area (Å²) in [4.78, 5) is 51.6. The molecule has 1 aliphatic heterocycles. The molecule has 0 saturated carbocycles. The van der Waals surface area contributed by atoms with E-state index in [1.807, 2.05) is 67.5 Å². The maximum absolute atomic E-state index is 13.0. The van der Waals surface area contributed by atoms with Gasteiger partial charge < -0.3 is 20.1 Å². The van der Waals surface area contributed by atoms with E-state index in [1.165, 1.54) is 4.57 Å². The second kappa shape index (κ2) is 11.8. The van der Waals surface area contributed by atoms with Crippen molar-refractivity contribution in [3.8, 4) is 11.4 Å². The van der Waals surface area contributed by atoms with E-state index < -0.39 is 0 Å². The third-order valence-electron chi connectivity index (χ3n) is 7.67. The number of hydrogen-bond donors (Lipinski definition) is 2. The molecule has 2 amide bonds. The van der Waals surface area contributed by atoms with Crippen molar-refractivity contribution in [1.29, 1.82) is 0 Å². The highest BCUT2D eigenvalue weighted by molar-refractivity contribution is 6.03. The van der Waals surface area contributed by atoms with Crippen LogP contribution in [-0.4, -0.2) is 63.3 Å². The molecule has 5 rings (SSSR count). The summed E-state index contributed by atoms with van der Waals surface area (Å²) in [5, 5.41) is 5.97. The van der Waals surface area contributed by atoms with E-state index in [2.05, 4.69) is 41.4 Å². The van der Waals surface area contributed by atoms with Crippen LogP contribution in [-0.2, 0) is 17.3 Å². The lowest BCUT2D eigenvalue weighted by atomic mass is 9.87. The molecule has 1 saturated heterocycles. The maximum atomic E-state index is 13.0. The summed E-state index contributed by atoms with van der Waals surface area (Å²) in [7, 11) is 5.41. The number of benzene rings is 2. The zero-order valence-electron chi connectivity index (χ0n) is 25.4. The van der Waals surface area contributed by atoms with Crippen molar-refractivity contribution in [2.45, 2.75) is 32.2 Å². The molecule has 10 heteroatoms. The number of pyridine rings is 1. The summed E-state index contributed by atoms with van der Waals surface area (Å²) in [5.41, 5.74) is 3.87. The van der Waals surface area contributed by atoms with Crippen molar-refractivity contribution in [3.05, 3.63) is 100.0 Å². The first kappa shape index (κ1) is 29.7. The van der Waals surface area contributed by atoms with Gasteiger partial charge in [-0.05, 0) is 60.0 Å². The van der Waals surface area contributed by atoms with Crippen molar-refractivity contribution < 1.29 is 9.59 Å². The van der Waals surface area contributed by atoms with Gasteiger partial charge in [0.2, 0.25) is 5.91 Å². The molecule has 0 radical (unpaired) electrons. The number of nitrogens with zero attached hydrogens (tertiary/aromatic N) is 5. The molecule has 43 heavy (non-hydrogen) atoms. The summed E-state index contributed by atoms with van der Waals surface area (Å²) < 4.78 is 1.44. The first-order valence-corrected chi connectivity index (χ1v) is 14.2. The number of aryl methyl sites for hydroxylation is 1. The summed E-state index contributed by atoms with van der Waals surface area (Å²) >= 11 is 0. The molecular weight excluding hydrogens is 542 g/mol. The Kier molecular flexibility index (Phi) is 8.14. The van der Waals surface area contributed by atoms with Crippen LogP contribution in [0.5, 0.6) is 0 Å². The molecule has 2 N–H and O–H groups in total. The van der Waals surface area contributed by atoms with Crippen molar-refractivity contribution in [1.82, 2.24) is 24.3 Å². The number of amides is 2. The quantitative estimate of drug-likeness (QED) is 0.344. The lowest BCUT2D eigenvalue weighted by Gasteiger charge is -2.37. The molecule has 10 nitrogen and oxygen atoms in total.